The summed E-state index contributed by atoms with van der Waals surface area (Å²) in [6.45, 7) is 3.18. The first-order chi connectivity index (χ1) is 18.0. The fraction of sp³-hybridized carbons (Fsp3) is 0.259. The Bertz CT molecular complexity index is 1390. The molecule has 3 aromatic carbocycles. The number of hydrogen-bond acceptors (Lipinski definition) is 7. The second-order valence-electron chi connectivity index (χ2n) is 8.66. The number of morpholine rings is 1. The van der Waals surface area contributed by atoms with Gasteiger partial charge in [-0.25, -0.2) is 14.4 Å². The SMILES string of the molecule is COc1cc2c(Nc3ccc(Cl)c(Cl)c3)ncnc2cc1OCC1CN(Cc2ccc(F)cc2)CCO1. The second kappa shape index (κ2) is 11.5. The molecule has 0 radical (unpaired) electrons. The van der Waals surface area contributed by atoms with Gasteiger partial charge in [0, 0.05) is 36.8 Å². The van der Waals surface area contributed by atoms with E-state index in [0.29, 0.717) is 52.6 Å². The van der Waals surface area contributed by atoms with E-state index in [-0.39, 0.29) is 11.9 Å². The molecule has 0 saturated carbocycles. The first-order valence-electron chi connectivity index (χ1n) is 11.7. The summed E-state index contributed by atoms with van der Waals surface area (Å²) in [5.41, 5.74) is 2.49. The van der Waals surface area contributed by atoms with Gasteiger partial charge in [0.05, 0.1) is 29.3 Å². The fourth-order valence-electron chi connectivity index (χ4n) is 4.20. The molecule has 0 bridgehead atoms. The van der Waals surface area contributed by atoms with Crippen LogP contribution in [0.4, 0.5) is 15.9 Å². The first-order valence-corrected chi connectivity index (χ1v) is 12.5. The van der Waals surface area contributed by atoms with Crippen molar-refractivity contribution in [3.63, 3.8) is 0 Å². The van der Waals surface area contributed by atoms with Gasteiger partial charge in [-0.1, -0.05) is 35.3 Å². The zero-order chi connectivity index (χ0) is 25.8. The van der Waals surface area contributed by atoms with Gasteiger partial charge >= 0.3 is 0 Å². The molecule has 0 amide bonds. The van der Waals surface area contributed by atoms with Crippen molar-refractivity contribution in [3.05, 3.63) is 82.4 Å². The highest BCUT2D eigenvalue weighted by atomic mass is 35.5. The lowest BCUT2D eigenvalue weighted by Crippen LogP contribution is -2.44. The number of nitrogens with one attached hydrogen (secondary N) is 1. The molecule has 1 unspecified atom stereocenters. The third-order valence-corrected chi connectivity index (χ3v) is 6.81. The van der Waals surface area contributed by atoms with Crippen molar-refractivity contribution in [2.45, 2.75) is 12.6 Å². The number of hydrogen-bond donors (Lipinski definition) is 1. The summed E-state index contributed by atoms with van der Waals surface area (Å²) in [6.07, 6.45) is 1.36. The summed E-state index contributed by atoms with van der Waals surface area (Å²) < 4.78 is 30.9. The minimum absolute atomic E-state index is 0.119. The molecule has 10 heteroatoms. The topological polar surface area (TPSA) is 68.7 Å². The minimum atomic E-state index is -0.233. The van der Waals surface area contributed by atoms with Crippen molar-refractivity contribution in [2.24, 2.45) is 0 Å². The molecule has 1 N–H and O–H groups in total. The largest absolute Gasteiger partial charge is 0.493 e. The molecule has 1 aromatic heterocycles. The van der Waals surface area contributed by atoms with Gasteiger partial charge in [0.15, 0.2) is 11.5 Å². The van der Waals surface area contributed by atoms with Crippen molar-refractivity contribution in [3.8, 4) is 11.5 Å². The normalized spacial score (nSPS) is 16.1. The Balaban J connectivity index is 1.28. The Hall–Kier alpha value is -3.17. The van der Waals surface area contributed by atoms with Crippen LogP contribution in [0.3, 0.4) is 0 Å². The van der Waals surface area contributed by atoms with Gasteiger partial charge in [0.2, 0.25) is 0 Å². The van der Waals surface area contributed by atoms with Gasteiger partial charge in [-0.05, 0) is 42.0 Å². The number of methoxy groups -OCH3 is 1. The van der Waals surface area contributed by atoms with Crippen LogP contribution >= 0.6 is 23.2 Å². The van der Waals surface area contributed by atoms with Crippen LogP contribution in [0.2, 0.25) is 10.0 Å². The van der Waals surface area contributed by atoms with Gasteiger partial charge in [0.25, 0.3) is 0 Å². The summed E-state index contributed by atoms with van der Waals surface area (Å²) >= 11 is 12.2. The molecule has 1 aliphatic heterocycles. The molecule has 5 rings (SSSR count). The summed E-state index contributed by atoms with van der Waals surface area (Å²) in [7, 11) is 1.59. The zero-order valence-electron chi connectivity index (χ0n) is 20.1. The van der Waals surface area contributed by atoms with Gasteiger partial charge in [-0.15, -0.1) is 0 Å². The average Bonchev–Trinajstić information content (AvgIpc) is 2.91. The Morgan fingerprint density at radius 1 is 1.05 bits per heavy atom. The van der Waals surface area contributed by atoms with Crippen molar-refractivity contribution < 1.29 is 18.6 Å². The number of halogens is 3. The maximum Gasteiger partial charge on any atom is 0.163 e. The van der Waals surface area contributed by atoms with Crippen LogP contribution in [0.25, 0.3) is 10.9 Å². The summed E-state index contributed by atoms with van der Waals surface area (Å²) in [6, 6.07) is 15.5. The predicted molar refractivity (Wildman–Crippen MR) is 143 cm³/mol. The summed E-state index contributed by atoms with van der Waals surface area (Å²) in [4.78, 5) is 11.1. The second-order valence-corrected chi connectivity index (χ2v) is 9.48. The molecule has 192 valence electrons. The van der Waals surface area contributed by atoms with Crippen LogP contribution in [-0.2, 0) is 11.3 Å². The summed E-state index contributed by atoms with van der Waals surface area (Å²) in [5.74, 6) is 1.48. The predicted octanol–water partition coefficient (Wildman–Crippen LogP) is 6.11. The number of anilines is 2. The highest BCUT2D eigenvalue weighted by molar-refractivity contribution is 6.42. The Labute approximate surface area is 224 Å². The van der Waals surface area contributed by atoms with E-state index in [1.54, 1.807) is 19.2 Å². The number of aromatic nitrogens is 2. The molecule has 1 atom stereocenters. The standard InChI is InChI=1S/C27H25Cl2FN4O3/c1-35-25-11-21-24(31-16-32-27(21)33-19-6-7-22(28)23(29)10-19)12-26(25)37-15-20-14-34(8-9-36-20)13-17-2-4-18(30)5-3-17/h2-7,10-12,16,20H,8-9,13-15H2,1H3,(H,31,32,33). The number of rotatable bonds is 8. The van der Waals surface area contributed by atoms with E-state index in [1.165, 1.54) is 18.5 Å². The highest BCUT2D eigenvalue weighted by Gasteiger charge is 2.22. The van der Waals surface area contributed by atoms with Gasteiger partial charge in [0.1, 0.15) is 30.7 Å². The number of benzene rings is 3. The highest BCUT2D eigenvalue weighted by Crippen LogP contribution is 2.35. The van der Waals surface area contributed by atoms with Crippen molar-refractivity contribution in [2.75, 3.05) is 38.7 Å². The van der Waals surface area contributed by atoms with E-state index < -0.39 is 0 Å². The van der Waals surface area contributed by atoms with Crippen LogP contribution in [0, 0.1) is 5.82 Å². The maximum atomic E-state index is 13.2. The Morgan fingerprint density at radius 3 is 2.68 bits per heavy atom. The fourth-order valence-corrected chi connectivity index (χ4v) is 4.50. The first kappa shape index (κ1) is 25.5. The van der Waals surface area contributed by atoms with E-state index in [1.807, 2.05) is 30.3 Å². The van der Waals surface area contributed by atoms with Crippen LogP contribution in [-0.4, -0.2) is 54.4 Å². The molecule has 7 nitrogen and oxygen atoms in total. The lowest BCUT2D eigenvalue weighted by Gasteiger charge is -2.32. The van der Waals surface area contributed by atoms with E-state index in [9.17, 15) is 4.39 Å². The number of fused-ring (bicyclic) bond motifs is 1. The minimum Gasteiger partial charge on any atom is -0.493 e. The molecule has 2 heterocycles. The molecule has 0 spiro atoms. The van der Waals surface area contributed by atoms with E-state index in [0.717, 1.165) is 29.7 Å². The van der Waals surface area contributed by atoms with E-state index in [4.69, 9.17) is 37.4 Å². The van der Waals surface area contributed by atoms with Crippen molar-refractivity contribution in [1.82, 2.24) is 14.9 Å². The molecule has 1 saturated heterocycles. The maximum absolute atomic E-state index is 13.2. The molecular formula is C27H25Cl2FN4O3. The van der Waals surface area contributed by atoms with Crippen LogP contribution in [0.1, 0.15) is 5.56 Å². The molecular weight excluding hydrogens is 518 g/mol. The summed E-state index contributed by atoms with van der Waals surface area (Å²) in [5, 5.41) is 4.94. The van der Waals surface area contributed by atoms with Crippen LogP contribution < -0.4 is 14.8 Å². The molecule has 0 aliphatic carbocycles. The quantitative estimate of drug-likeness (QED) is 0.288. The van der Waals surface area contributed by atoms with Gasteiger partial charge in [-0.3, -0.25) is 4.90 Å². The smallest absolute Gasteiger partial charge is 0.163 e. The van der Waals surface area contributed by atoms with E-state index >= 15 is 0 Å². The molecule has 4 aromatic rings. The lowest BCUT2D eigenvalue weighted by molar-refractivity contribution is -0.0506. The average molecular weight is 543 g/mol. The van der Waals surface area contributed by atoms with Gasteiger partial charge < -0.3 is 19.5 Å². The Morgan fingerprint density at radius 2 is 1.89 bits per heavy atom. The van der Waals surface area contributed by atoms with Crippen LogP contribution in [0.5, 0.6) is 11.5 Å². The van der Waals surface area contributed by atoms with E-state index in [2.05, 4.69) is 20.2 Å². The molecule has 1 fully saturated rings. The number of ether oxygens (including phenoxy) is 3. The zero-order valence-corrected chi connectivity index (χ0v) is 21.6. The van der Waals surface area contributed by atoms with Crippen LogP contribution in [0.15, 0.2) is 60.9 Å². The monoisotopic (exact) mass is 542 g/mol. The Kier molecular flexibility index (Phi) is 7.90. The third-order valence-electron chi connectivity index (χ3n) is 6.07. The van der Waals surface area contributed by atoms with Gasteiger partial charge in [-0.2, -0.15) is 0 Å². The van der Waals surface area contributed by atoms with Crippen molar-refractivity contribution >= 4 is 45.6 Å². The lowest BCUT2D eigenvalue weighted by atomic mass is 10.2. The molecule has 1 aliphatic rings. The number of nitrogens with zero attached hydrogens (tertiary/aromatic N) is 3. The third kappa shape index (κ3) is 6.22. The van der Waals surface area contributed by atoms with Crippen molar-refractivity contribution in [1.29, 1.82) is 0 Å². The molecule has 37 heavy (non-hydrogen) atoms.